The van der Waals surface area contributed by atoms with Crippen LogP contribution in [0.2, 0.25) is 10.0 Å². The van der Waals surface area contributed by atoms with Crippen molar-refractivity contribution in [1.29, 1.82) is 0 Å². The quantitative estimate of drug-likeness (QED) is 0.433. The second kappa shape index (κ2) is 8.63. The van der Waals surface area contributed by atoms with Crippen LogP contribution in [0, 0.1) is 6.92 Å². The molecule has 3 N–H and O–H groups in total. The molecule has 7 nitrogen and oxygen atoms in total. The number of nitrogen functional groups attached to an aromatic ring is 1. The monoisotopic (exact) mass is 425 g/mol. The first kappa shape index (κ1) is 21.4. The van der Waals surface area contributed by atoms with Crippen molar-refractivity contribution in [2.75, 3.05) is 12.8 Å². The van der Waals surface area contributed by atoms with Gasteiger partial charge in [0.2, 0.25) is 5.69 Å². The zero-order valence-electron chi connectivity index (χ0n) is 13.1. The van der Waals surface area contributed by atoms with E-state index < -0.39 is 20.6 Å². The number of halogens is 2. The van der Waals surface area contributed by atoms with Gasteiger partial charge in [-0.05, 0) is 31.2 Å². The lowest BCUT2D eigenvalue weighted by atomic mass is 10.2. The molecule has 0 aliphatic carbocycles. The highest BCUT2D eigenvalue weighted by atomic mass is 35.5. The van der Waals surface area contributed by atoms with Gasteiger partial charge in [0.15, 0.2) is 7.05 Å². The van der Waals surface area contributed by atoms with Crippen LogP contribution in [-0.4, -0.2) is 32.4 Å². The van der Waals surface area contributed by atoms with Crippen LogP contribution in [0.4, 0.5) is 11.4 Å². The molecule has 25 heavy (non-hydrogen) atoms. The predicted octanol–water partition coefficient (Wildman–Crippen LogP) is 3.15. The lowest BCUT2D eigenvalue weighted by molar-refractivity contribution is -0.378. The Kier molecular flexibility index (Phi) is 7.39. The van der Waals surface area contributed by atoms with Crippen LogP contribution in [0.1, 0.15) is 5.56 Å². The van der Waals surface area contributed by atoms with Gasteiger partial charge in [-0.25, -0.2) is 0 Å². The SMILES string of the molecule is Cc1ccc(S(=O)(=O)O)cc1[N+](C)=S(=O)=O.Nc1cc(Cl)ccc1Cl. The molecule has 136 valence electrons. The summed E-state index contributed by atoms with van der Waals surface area (Å²) in [7, 11) is -5.55. The van der Waals surface area contributed by atoms with Crippen molar-refractivity contribution >= 4 is 55.2 Å². The standard InChI is InChI=1S/C8H9NO5S2.C6H5Cl2N/c1-6-3-4-7(16(12,13)14)5-8(6)9(2)15(10)11;7-4-1-2-5(8)6(9)3-4/h3-5H,1-2H3;1-3H,9H2/p+1. The van der Waals surface area contributed by atoms with E-state index >= 15 is 0 Å². The number of nitrogens with two attached hydrogens (primary N) is 1. The van der Waals surface area contributed by atoms with E-state index in [0.717, 1.165) is 10.0 Å². The lowest BCUT2D eigenvalue weighted by Gasteiger charge is -2.00. The lowest BCUT2D eigenvalue weighted by Crippen LogP contribution is -2.02. The van der Waals surface area contributed by atoms with E-state index in [1.165, 1.54) is 19.2 Å². The third-order valence-corrected chi connectivity index (χ3v) is 5.07. The molecule has 2 aromatic carbocycles. The molecule has 0 bridgehead atoms. The summed E-state index contributed by atoms with van der Waals surface area (Å²) in [4.78, 5) is -0.342. The topological polar surface area (TPSA) is 118 Å². The summed E-state index contributed by atoms with van der Waals surface area (Å²) >= 11 is 11.2. The van der Waals surface area contributed by atoms with Gasteiger partial charge < -0.3 is 5.73 Å². The van der Waals surface area contributed by atoms with Gasteiger partial charge in [0.05, 0.1) is 10.7 Å². The summed E-state index contributed by atoms with van der Waals surface area (Å²) in [5, 5.41) is 1.15. The molecule has 0 radical (unpaired) electrons. The predicted molar refractivity (Wildman–Crippen MR) is 96.6 cm³/mol. The largest absolute Gasteiger partial charge is 0.464 e. The van der Waals surface area contributed by atoms with Crippen molar-refractivity contribution in [3.8, 4) is 0 Å². The van der Waals surface area contributed by atoms with Gasteiger partial charge in [-0.15, -0.1) is 8.42 Å². The summed E-state index contributed by atoms with van der Waals surface area (Å²) in [6.07, 6.45) is 0. The summed E-state index contributed by atoms with van der Waals surface area (Å²) in [5.74, 6) is 0. The van der Waals surface area contributed by atoms with Gasteiger partial charge in [0.1, 0.15) is 4.90 Å². The normalized spacial score (nSPS) is 10.6. The van der Waals surface area contributed by atoms with E-state index in [4.69, 9.17) is 33.5 Å². The first-order valence-electron chi connectivity index (χ1n) is 6.55. The number of nitrogens with zero attached hydrogens (tertiary/aromatic N) is 1. The van der Waals surface area contributed by atoms with Crippen LogP contribution in [0.25, 0.3) is 0 Å². The molecule has 0 saturated heterocycles. The number of benzene rings is 2. The average molecular weight is 426 g/mol. The number of hydrogen-bond donors (Lipinski definition) is 2. The Morgan fingerprint density at radius 3 is 2.16 bits per heavy atom. The third-order valence-electron chi connectivity index (χ3n) is 3.00. The van der Waals surface area contributed by atoms with E-state index in [1.807, 2.05) is 0 Å². The second-order valence-corrected chi connectivity index (χ2v) is 8.05. The minimum atomic E-state index is -4.33. The zero-order chi connectivity index (χ0) is 19.4. The molecule has 0 amide bonds. The molecule has 2 aromatic rings. The molecule has 0 aromatic heterocycles. The number of aryl methyl sites for hydroxylation is 1. The molecular formula is C14H15Cl2N2O5S2+. The minimum Gasteiger partial charge on any atom is -0.397 e. The maximum Gasteiger partial charge on any atom is 0.464 e. The highest BCUT2D eigenvalue weighted by Gasteiger charge is 2.17. The Hall–Kier alpha value is -1.65. The summed E-state index contributed by atoms with van der Waals surface area (Å²) in [6.45, 7) is 1.63. The number of rotatable bonds is 2. The summed E-state index contributed by atoms with van der Waals surface area (Å²) < 4.78 is 52.9. The molecule has 0 spiro atoms. The number of anilines is 1. The minimum absolute atomic E-state index is 0.198. The molecule has 0 aliphatic rings. The van der Waals surface area contributed by atoms with Crippen LogP contribution in [0.15, 0.2) is 41.3 Å². The maximum atomic E-state index is 10.9. The summed E-state index contributed by atoms with van der Waals surface area (Å²) in [6, 6.07) is 8.70. The second-order valence-electron chi connectivity index (χ2n) is 4.80. The van der Waals surface area contributed by atoms with Gasteiger partial charge in [-0.2, -0.15) is 8.42 Å². The first-order valence-corrected chi connectivity index (χ1v) is 9.78. The molecular weight excluding hydrogens is 411 g/mol. The third kappa shape index (κ3) is 6.29. The molecule has 0 heterocycles. The van der Waals surface area contributed by atoms with E-state index in [1.54, 1.807) is 25.1 Å². The maximum absolute atomic E-state index is 10.9. The Morgan fingerprint density at radius 1 is 1.12 bits per heavy atom. The Balaban J connectivity index is 0.000000293. The highest BCUT2D eigenvalue weighted by molar-refractivity contribution is 7.85. The molecule has 0 unspecified atom stereocenters. The Labute approximate surface area is 157 Å². The fraction of sp³-hybridized carbons (Fsp3) is 0.143. The molecule has 0 fully saturated rings. The van der Waals surface area contributed by atoms with Crippen LogP contribution in [0.5, 0.6) is 0 Å². The molecule has 0 atom stereocenters. The fourth-order valence-corrected chi connectivity index (χ4v) is 2.84. The van der Waals surface area contributed by atoms with E-state index in [2.05, 4.69) is 0 Å². The Bertz CT molecular complexity index is 1030. The van der Waals surface area contributed by atoms with Gasteiger partial charge >= 0.3 is 10.5 Å². The number of hydrogen-bond acceptors (Lipinski definition) is 5. The van der Waals surface area contributed by atoms with Crippen molar-refractivity contribution in [1.82, 2.24) is 0 Å². The fourth-order valence-electron chi connectivity index (χ4n) is 1.68. The van der Waals surface area contributed by atoms with Gasteiger partial charge in [0, 0.05) is 16.7 Å². The van der Waals surface area contributed by atoms with Crippen molar-refractivity contribution in [2.45, 2.75) is 11.8 Å². The first-order chi connectivity index (χ1) is 11.4. The van der Waals surface area contributed by atoms with Crippen molar-refractivity contribution < 1.29 is 25.3 Å². The molecule has 0 saturated carbocycles. The highest BCUT2D eigenvalue weighted by Crippen LogP contribution is 2.22. The van der Waals surface area contributed by atoms with Crippen LogP contribution >= 0.6 is 23.2 Å². The van der Waals surface area contributed by atoms with E-state index in [-0.39, 0.29) is 10.6 Å². The van der Waals surface area contributed by atoms with E-state index in [9.17, 15) is 16.8 Å². The molecule has 2 rings (SSSR count). The van der Waals surface area contributed by atoms with Gasteiger partial charge in [-0.1, -0.05) is 33.2 Å². The van der Waals surface area contributed by atoms with Gasteiger partial charge in [-0.3, -0.25) is 4.55 Å². The van der Waals surface area contributed by atoms with Crippen molar-refractivity contribution in [3.63, 3.8) is 0 Å². The summed E-state index contributed by atoms with van der Waals surface area (Å²) in [5.41, 5.74) is 6.70. The average Bonchev–Trinajstić information content (AvgIpc) is 2.50. The van der Waals surface area contributed by atoms with Crippen molar-refractivity contribution in [2.24, 2.45) is 0 Å². The molecule has 11 heteroatoms. The van der Waals surface area contributed by atoms with Gasteiger partial charge in [0.25, 0.3) is 10.1 Å². The van der Waals surface area contributed by atoms with Crippen LogP contribution in [-0.2, 0) is 20.6 Å². The van der Waals surface area contributed by atoms with Crippen LogP contribution in [0.3, 0.4) is 0 Å². The zero-order valence-corrected chi connectivity index (χ0v) is 16.3. The Morgan fingerprint density at radius 2 is 1.72 bits per heavy atom. The van der Waals surface area contributed by atoms with Crippen LogP contribution < -0.4 is 5.73 Å². The van der Waals surface area contributed by atoms with Crippen molar-refractivity contribution in [3.05, 3.63) is 52.0 Å². The smallest absolute Gasteiger partial charge is 0.397 e. The van der Waals surface area contributed by atoms with E-state index in [0.29, 0.717) is 21.3 Å². The molecule has 0 aliphatic heterocycles.